The zero-order valence-corrected chi connectivity index (χ0v) is 8.28. The Kier molecular flexibility index (Phi) is 2.07. The lowest BCUT2D eigenvalue weighted by molar-refractivity contribution is 0.162. The molecule has 0 spiro atoms. The highest BCUT2D eigenvalue weighted by atomic mass is 16.3. The van der Waals surface area contributed by atoms with Crippen molar-refractivity contribution in [2.75, 3.05) is 19.6 Å². The van der Waals surface area contributed by atoms with Gasteiger partial charge in [0.05, 0.1) is 12.3 Å². The van der Waals surface area contributed by atoms with Gasteiger partial charge in [-0.05, 0) is 31.5 Å². The Labute approximate surface area is 84.1 Å². The van der Waals surface area contributed by atoms with E-state index in [0.29, 0.717) is 6.04 Å². The number of nitrogens with zero attached hydrogens (tertiary/aromatic N) is 1. The number of fused-ring (bicyclic) bond motifs is 1. The second kappa shape index (κ2) is 3.41. The Morgan fingerprint density at radius 3 is 3.36 bits per heavy atom. The smallest absolute Gasteiger partial charge is 0.121 e. The highest BCUT2D eigenvalue weighted by molar-refractivity contribution is 5.07. The summed E-state index contributed by atoms with van der Waals surface area (Å²) in [6.07, 6.45) is 4.47. The van der Waals surface area contributed by atoms with Crippen LogP contribution < -0.4 is 5.32 Å². The van der Waals surface area contributed by atoms with E-state index in [4.69, 9.17) is 4.42 Å². The van der Waals surface area contributed by atoms with Gasteiger partial charge in [0, 0.05) is 19.1 Å². The minimum Gasteiger partial charge on any atom is -0.468 e. The first-order chi connectivity index (χ1) is 6.93. The second-order valence-corrected chi connectivity index (χ2v) is 4.27. The molecule has 0 bridgehead atoms. The molecule has 0 aromatic carbocycles. The third-order valence-corrected chi connectivity index (χ3v) is 3.40. The van der Waals surface area contributed by atoms with E-state index in [1.807, 2.05) is 6.07 Å². The van der Waals surface area contributed by atoms with E-state index in [-0.39, 0.29) is 0 Å². The van der Waals surface area contributed by atoms with E-state index in [0.717, 1.165) is 24.9 Å². The number of hydrogen-bond donors (Lipinski definition) is 1. The number of piperazine rings is 1. The quantitative estimate of drug-likeness (QED) is 0.729. The van der Waals surface area contributed by atoms with Crippen LogP contribution in [0.1, 0.15) is 24.6 Å². The topological polar surface area (TPSA) is 28.4 Å². The molecule has 2 fully saturated rings. The van der Waals surface area contributed by atoms with Crippen molar-refractivity contribution in [3.63, 3.8) is 0 Å². The van der Waals surface area contributed by atoms with Gasteiger partial charge in [-0.25, -0.2) is 0 Å². The van der Waals surface area contributed by atoms with Gasteiger partial charge in [0.15, 0.2) is 0 Å². The second-order valence-electron chi connectivity index (χ2n) is 4.27. The van der Waals surface area contributed by atoms with E-state index >= 15 is 0 Å². The van der Waals surface area contributed by atoms with Crippen molar-refractivity contribution < 1.29 is 4.42 Å². The minimum absolute atomic E-state index is 0.402. The maximum absolute atomic E-state index is 5.43. The lowest BCUT2D eigenvalue weighted by atomic mass is 10.1. The number of furan rings is 1. The van der Waals surface area contributed by atoms with E-state index in [1.165, 1.54) is 19.4 Å². The molecule has 2 aliphatic heterocycles. The fourth-order valence-electron chi connectivity index (χ4n) is 2.62. The summed E-state index contributed by atoms with van der Waals surface area (Å²) in [7, 11) is 0. The van der Waals surface area contributed by atoms with Crippen molar-refractivity contribution >= 4 is 0 Å². The normalized spacial score (nSPS) is 33.1. The van der Waals surface area contributed by atoms with Crippen LogP contribution in [0.3, 0.4) is 0 Å². The van der Waals surface area contributed by atoms with Crippen LogP contribution in [-0.2, 0) is 0 Å². The van der Waals surface area contributed by atoms with E-state index in [9.17, 15) is 0 Å². The first kappa shape index (κ1) is 8.50. The first-order valence-corrected chi connectivity index (χ1v) is 5.44. The molecule has 0 amide bonds. The van der Waals surface area contributed by atoms with Crippen molar-refractivity contribution in [3.8, 4) is 0 Å². The third-order valence-electron chi connectivity index (χ3n) is 3.40. The average molecular weight is 192 g/mol. The Morgan fingerprint density at radius 1 is 1.50 bits per heavy atom. The van der Waals surface area contributed by atoms with Crippen LogP contribution in [-0.4, -0.2) is 30.6 Å². The summed E-state index contributed by atoms with van der Waals surface area (Å²) < 4.78 is 5.43. The third kappa shape index (κ3) is 1.37. The molecular formula is C11H16N2O. The van der Waals surface area contributed by atoms with Crippen LogP contribution in [0.2, 0.25) is 0 Å². The lowest BCUT2D eigenvalue weighted by Gasteiger charge is -2.35. The van der Waals surface area contributed by atoms with Gasteiger partial charge in [0.25, 0.3) is 0 Å². The Bertz CT molecular complexity index is 296. The number of nitrogens with one attached hydrogen (secondary N) is 1. The maximum atomic E-state index is 5.43. The van der Waals surface area contributed by atoms with Crippen LogP contribution in [0.4, 0.5) is 0 Å². The van der Waals surface area contributed by atoms with Crippen molar-refractivity contribution in [1.82, 2.24) is 10.2 Å². The summed E-state index contributed by atoms with van der Waals surface area (Å²) in [6, 6.07) is 5.21. The van der Waals surface area contributed by atoms with Crippen molar-refractivity contribution in [1.29, 1.82) is 0 Å². The highest BCUT2D eigenvalue weighted by Crippen LogP contribution is 2.26. The minimum atomic E-state index is 0.402. The molecule has 3 heterocycles. The highest BCUT2D eigenvalue weighted by Gasteiger charge is 2.32. The SMILES string of the molecule is c1coc(C2CN3CCCC3CN2)c1. The molecular weight excluding hydrogens is 176 g/mol. The van der Waals surface area contributed by atoms with Gasteiger partial charge in [-0.3, -0.25) is 4.90 Å². The molecule has 3 heteroatoms. The summed E-state index contributed by atoms with van der Waals surface area (Å²) in [5.41, 5.74) is 0. The number of hydrogen-bond acceptors (Lipinski definition) is 3. The van der Waals surface area contributed by atoms with Crippen LogP contribution >= 0.6 is 0 Å². The molecule has 1 N–H and O–H groups in total. The monoisotopic (exact) mass is 192 g/mol. The standard InChI is InChI=1S/C11H16N2O/c1-3-9-7-12-10(8-13(9)5-1)11-4-2-6-14-11/h2,4,6,9-10,12H,1,3,5,7-8H2. The van der Waals surface area contributed by atoms with Gasteiger partial charge >= 0.3 is 0 Å². The van der Waals surface area contributed by atoms with Crippen molar-refractivity contribution in [2.45, 2.75) is 24.9 Å². The molecule has 0 aliphatic carbocycles. The van der Waals surface area contributed by atoms with Gasteiger partial charge in [-0.2, -0.15) is 0 Å². The summed E-state index contributed by atoms with van der Waals surface area (Å²) in [5.74, 6) is 1.08. The van der Waals surface area contributed by atoms with E-state index in [2.05, 4.69) is 16.3 Å². The summed E-state index contributed by atoms with van der Waals surface area (Å²) in [5, 5.41) is 3.56. The molecule has 3 nitrogen and oxygen atoms in total. The molecule has 3 rings (SSSR count). The maximum Gasteiger partial charge on any atom is 0.121 e. The molecule has 1 aromatic rings. The van der Waals surface area contributed by atoms with Gasteiger partial charge in [-0.15, -0.1) is 0 Å². The molecule has 2 saturated heterocycles. The largest absolute Gasteiger partial charge is 0.468 e. The Hall–Kier alpha value is -0.800. The first-order valence-electron chi connectivity index (χ1n) is 5.44. The van der Waals surface area contributed by atoms with Crippen molar-refractivity contribution in [2.24, 2.45) is 0 Å². The summed E-state index contributed by atoms with van der Waals surface area (Å²) >= 11 is 0. The zero-order valence-electron chi connectivity index (χ0n) is 8.28. The molecule has 1 aromatic heterocycles. The fraction of sp³-hybridized carbons (Fsp3) is 0.636. The van der Waals surface area contributed by atoms with E-state index < -0.39 is 0 Å². The van der Waals surface area contributed by atoms with Crippen LogP contribution in [0.25, 0.3) is 0 Å². The molecule has 2 unspecified atom stereocenters. The van der Waals surface area contributed by atoms with Gasteiger partial charge in [0.1, 0.15) is 5.76 Å². The molecule has 0 saturated carbocycles. The number of rotatable bonds is 1. The predicted molar refractivity (Wildman–Crippen MR) is 54.0 cm³/mol. The van der Waals surface area contributed by atoms with Crippen LogP contribution in [0.15, 0.2) is 22.8 Å². The van der Waals surface area contributed by atoms with Crippen LogP contribution in [0, 0.1) is 0 Å². The molecule has 2 atom stereocenters. The van der Waals surface area contributed by atoms with Crippen molar-refractivity contribution in [3.05, 3.63) is 24.2 Å². The Morgan fingerprint density at radius 2 is 2.50 bits per heavy atom. The molecule has 76 valence electrons. The zero-order chi connectivity index (χ0) is 9.38. The molecule has 2 aliphatic rings. The van der Waals surface area contributed by atoms with E-state index in [1.54, 1.807) is 6.26 Å². The van der Waals surface area contributed by atoms with Gasteiger partial charge in [-0.1, -0.05) is 0 Å². The molecule has 14 heavy (non-hydrogen) atoms. The Balaban J connectivity index is 1.73. The molecule has 0 radical (unpaired) electrons. The van der Waals surface area contributed by atoms with Gasteiger partial charge < -0.3 is 9.73 Å². The van der Waals surface area contributed by atoms with Crippen LogP contribution in [0.5, 0.6) is 0 Å². The fourth-order valence-corrected chi connectivity index (χ4v) is 2.62. The average Bonchev–Trinajstić information content (AvgIpc) is 2.88. The van der Waals surface area contributed by atoms with Gasteiger partial charge in [0.2, 0.25) is 0 Å². The lowest BCUT2D eigenvalue weighted by Crippen LogP contribution is -2.49. The predicted octanol–water partition coefficient (Wildman–Crippen LogP) is 1.39. The summed E-state index contributed by atoms with van der Waals surface area (Å²) in [6.45, 7) is 3.49. The summed E-state index contributed by atoms with van der Waals surface area (Å²) in [4.78, 5) is 2.59.